The first-order chi connectivity index (χ1) is 8.52. The summed E-state index contributed by atoms with van der Waals surface area (Å²) in [6, 6.07) is 0.0834. The van der Waals surface area contributed by atoms with Gasteiger partial charge >= 0.3 is 12.0 Å². The molecule has 8 nitrogen and oxygen atoms in total. The summed E-state index contributed by atoms with van der Waals surface area (Å²) in [4.78, 5) is 23.9. The Morgan fingerprint density at radius 3 is 2.78 bits per heavy atom. The van der Waals surface area contributed by atoms with Crippen molar-refractivity contribution in [2.75, 3.05) is 25.0 Å². The number of carboxylic acids is 1. The van der Waals surface area contributed by atoms with Crippen molar-refractivity contribution in [1.29, 1.82) is 0 Å². The highest BCUT2D eigenvalue weighted by Gasteiger charge is 2.29. The van der Waals surface area contributed by atoms with E-state index in [1.165, 1.54) is 0 Å². The molecular weight excluding hydrogens is 240 g/mol. The van der Waals surface area contributed by atoms with Crippen LogP contribution in [0.5, 0.6) is 0 Å². The summed E-state index contributed by atoms with van der Waals surface area (Å²) in [7, 11) is 0. The summed E-state index contributed by atoms with van der Waals surface area (Å²) in [6.45, 7) is 3.09. The number of nitrogens with zero attached hydrogens (tertiary/aromatic N) is 3. The summed E-state index contributed by atoms with van der Waals surface area (Å²) in [5.74, 6) is -0.519. The normalized spacial score (nSPS) is 16.3. The van der Waals surface area contributed by atoms with Crippen LogP contribution in [-0.2, 0) is 9.59 Å². The van der Waals surface area contributed by atoms with Crippen molar-refractivity contribution in [2.45, 2.75) is 13.3 Å². The highest BCUT2D eigenvalue weighted by Crippen LogP contribution is 2.18. The van der Waals surface area contributed by atoms with E-state index in [-0.39, 0.29) is 30.8 Å². The summed E-state index contributed by atoms with van der Waals surface area (Å²) in [6.07, 6.45) is 0.154. The van der Waals surface area contributed by atoms with E-state index in [2.05, 4.69) is 15.5 Å². The fourth-order valence-electron chi connectivity index (χ4n) is 1.89. The van der Waals surface area contributed by atoms with Crippen LogP contribution in [0.4, 0.5) is 6.01 Å². The molecule has 1 fully saturated rings. The van der Waals surface area contributed by atoms with Crippen LogP contribution >= 0.6 is 0 Å². The number of carbonyl (C=O) groups is 2. The van der Waals surface area contributed by atoms with Crippen molar-refractivity contribution in [3.63, 3.8) is 0 Å². The monoisotopic (exact) mass is 254 g/mol. The molecule has 1 aliphatic heterocycles. The van der Waals surface area contributed by atoms with E-state index in [0.717, 1.165) is 0 Å². The second kappa shape index (κ2) is 5.13. The molecule has 18 heavy (non-hydrogen) atoms. The van der Waals surface area contributed by atoms with Gasteiger partial charge in [-0.3, -0.25) is 19.8 Å². The molecule has 2 N–H and O–H groups in total. The number of aromatic nitrogens is 2. The van der Waals surface area contributed by atoms with Gasteiger partial charge in [0.1, 0.15) is 0 Å². The van der Waals surface area contributed by atoms with Crippen LogP contribution in [0, 0.1) is 12.8 Å². The van der Waals surface area contributed by atoms with Crippen molar-refractivity contribution in [2.24, 2.45) is 5.92 Å². The first-order valence-electron chi connectivity index (χ1n) is 5.57. The Kier molecular flexibility index (Phi) is 3.56. The highest BCUT2D eigenvalue weighted by molar-refractivity contribution is 5.90. The molecule has 1 aromatic rings. The van der Waals surface area contributed by atoms with Gasteiger partial charge in [-0.15, -0.1) is 5.10 Å². The van der Waals surface area contributed by atoms with E-state index in [4.69, 9.17) is 9.52 Å². The van der Waals surface area contributed by atoms with E-state index >= 15 is 0 Å². The molecule has 2 rings (SSSR count). The van der Waals surface area contributed by atoms with Crippen LogP contribution in [-0.4, -0.2) is 51.7 Å². The Morgan fingerprint density at radius 1 is 1.50 bits per heavy atom. The quantitative estimate of drug-likeness (QED) is 0.744. The fourth-order valence-corrected chi connectivity index (χ4v) is 1.89. The van der Waals surface area contributed by atoms with Gasteiger partial charge in [0.05, 0.1) is 13.0 Å². The third-order valence-electron chi connectivity index (χ3n) is 2.64. The van der Waals surface area contributed by atoms with Gasteiger partial charge in [-0.2, -0.15) is 0 Å². The lowest BCUT2D eigenvalue weighted by molar-refractivity contribution is -0.139. The minimum Gasteiger partial charge on any atom is -0.481 e. The Hall–Kier alpha value is -1.96. The lowest BCUT2D eigenvalue weighted by Crippen LogP contribution is -2.50. The Balaban J connectivity index is 1.69. The predicted molar refractivity (Wildman–Crippen MR) is 59.8 cm³/mol. The number of carbonyl (C=O) groups excluding carboxylic acids is 1. The minimum atomic E-state index is -0.801. The molecule has 1 amide bonds. The Bertz CT molecular complexity index is 452. The number of rotatable bonds is 5. The van der Waals surface area contributed by atoms with E-state index in [9.17, 15) is 9.59 Å². The molecule has 0 radical (unpaired) electrons. The summed E-state index contributed by atoms with van der Waals surface area (Å²) < 4.78 is 5.01. The lowest BCUT2D eigenvalue weighted by atomic mass is 9.96. The Labute approximate surface area is 103 Å². The molecule has 1 aliphatic rings. The molecule has 98 valence electrons. The molecular formula is C10H14N4O4. The van der Waals surface area contributed by atoms with Crippen LogP contribution < -0.4 is 5.32 Å². The van der Waals surface area contributed by atoms with Crippen molar-refractivity contribution in [1.82, 2.24) is 15.1 Å². The lowest BCUT2D eigenvalue weighted by Gasteiger charge is -2.37. The summed E-state index contributed by atoms with van der Waals surface area (Å²) in [5.41, 5.74) is 0. The number of amides is 1. The number of aryl methyl sites for hydroxylation is 1. The van der Waals surface area contributed by atoms with Gasteiger partial charge in [0, 0.05) is 20.0 Å². The zero-order valence-electron chi connectivity index (χ0n) is 9.92. The standard InChI is InChI=1S/C10H14N4O4/c1-6-12-13-10(18-6)11-8(15)5-14-3-7(4-14)2-9(16)17/h7H,2-5H2,1H3,(H,16,17)(H,11,13,15). The van der Waals surface area contributed by atoms with Crippen LogP contribution in [0.15, 0.2) is 4.42 Å². The van der Waals surface area contributed by atoms with Gasteiger partial charge in [0.25, 0.3) is 0 Å². The van der Waals surface area contributed by atoms with Crippen LogP contribution in [0.25, 0.3) is 0 Å². The average molecular weight is 254 g/mol. The van der Waals surface area contributed by atoms with Crippen LogP contribution in [0.1, 0.15) is 12.3 Å². The van der Waals surface area contributed by atoms with Gasteiger partial charge in [-0.1, -0.05) is 5.10 Å². The molecule has 0 aromatic carbocycles. The van der Waals surface area contributed by atoms with E-state index in [0.29, 0.717) is 19.0 Å². The Morgan fingerprint density at radius 2 is 2.22 bits per heavy atom. The second-order valence-corrected chi connectivity index (χ2v) is 4.33. The van der Waals surface area contributed by atoms with Gasteiger partial charge in [0.2, 0.25) is 11.8 Å². The van der Waals surface area contributed by atoms with Crippen molar-refractivity contribution < 1.29 is 19.1 Å². The molecule has 0 atom stereocenters. The van der Waals surface area contributed by atoms with E-state index in [1.54, 1.807) is 6.92 Å². The zero-order valence-corrected chi connectivity index (χ0v) is 9.92. The molecule has 0 saturated carbocycles. The maximum atomic E-state index is 11.6. The number of likely N-dealkylation sites (tertiary alicyclic amines) is 1. The molecule has 1 aromatic heterocycles. The molecule has 2 heterocycles. The third-order valence-corrected chi connectivity index (χ3v) is 2.64. The fraction of sp³-hybridized carbons (Fsp3) is 0.600. The number of aliphatic carboxylic acids is 1. The molecule has 0 spiro atoms. The van der Waals surface area contributed by atoms with Gasteiger partial charge in [-0.05, 0) is 5.92 Å². The van der Waals surface area contributed by atoms with Gasteiger partial charge in [0.15, 0.2) is 0 Å². The summed E-state index contributed by atoms with van der Waals surface area (Å²) in [5, 5.41) is 18.3. The smallest absolute Gasteiger partial charge is 0.322 e. The molecule has 1 saturated heterocycles. The number of anilines is 1. The summed E-state index contributed by atoms with van der Waals surface area (Å²) >= 11 is 0. The van der Waals surface area contributed by atoms with Gasteiger partial charge < -0.3 is 9.52 Å². The topological polar surface area (TPSA) is 109 Å². The number of hydrogen-bond acceptors (Lipinski definition) is 6. The average Bonchev–Trinajstić information content (AvgIpc) is 2.60. The third kappa shape index (κ3) is 3.27. The number of carboxylic acid groups (broad SMARTS) is 1. The first kappa shape index (κ1) is 12.5. The minimum absolute atomic E-state index is 0.0834. The molecule has 8 heteroatoms. The number of hydrogen-bond donors (Lipinski definition) is 2. The van der Waals surface area contributed by atoms with Gasteiger partial charge in [-0.25, -0.2) is 0 Å². The van der Waals surface area contributed by atoms with Crippen molar-refractivity contribution in [3.8, 4) is 0 Å². The maximum Gasteiger partial charge on any atom is 0.322 e. The zero-order chi connectivity index (χ0) is 13.1. The van der Waals surface area contributed by atoms with Crippen LogP contribution in [0.3, 0.4) is 0 Å². The van der Waals surface area contributed by atoms with E-state index < -0.39 is 5.97 Å². The highest BCUT2D eigenvalue weighted by atomic mass is 16.4. The maximum absolute atomic E-state index is 11.6. The molecule has 0 bridgehead atoms. The molecule has 0 aliphatic carbocycles. The first-order valence-corrected chi connectivity index (χ1v) is 5.57. The molecule has 0 unspecified atom stereocenters. The number of nitrogens with one attached hydrogen (secondary N) is 1. The predicted octanol–water partition coefficient (Wildman–Crippen LogP) is -0.277. The van der Waals surface area contributed by atoms with Crippen molar-refractivity contribution in [3.05, 3.63) is 5.89 Å². The largest absolute Gasteiger partial charge is 0.481 e. The SMILES string of the molecule is Cc1nnc(NC(=O)CN2CC(CC(=O)O)C2)o1. The second-order valence-electron chi connectivity index (χ2n) is 4.33. The van der Waals surface area contributed by atoms with Crippen molar-refractivity contribution >= 4 is 17.9 Å². The van der Waals surface area contributed by atoms with E-state index in [1.807, 2.05) is 4.90 Å². The van der Waals surface area contributed by atoms with Crippen LogP contribution in [0.2, 0.25) is 0 Å².